The molecule has 2 rings (SSSR count). The fourth-order valence-electron chi connectivity index (χ4n) is 1.64. The largest absolute Gasteiger partial charge is 0.451 e. The molecule has 88 valence electrons. The van der Waals surface area contributed by atoms with Crippen molar-refractivity contribution in [3.8, 4) is 0 Å². The molecule has 3 N–H and O–H groups in total. The molecule has 1 aliphatic heterocycles. The molecule has 0 spiro atoms. The zero-order valence-corrected chi connectivity index (χ0v) is 8.91. The summed E-state index contributed by atoms with van der Waals surface area (Å²) in [5, 5.41) is 8.85. The van der Waals surface area contributed by atoms with Crippen molar-refractivity contribution in [3.63, 3.8) is 0 Å². The van der Waals surface area contributed by atoms with Gasteiger partial charge in [0, 0.05) is 5.56 Å². The van der Waals surface area contributed by atoms with Crippen LogP contribution in [0, 0.1) is 11.1 Å². The SMILES string of the molecule is N=[N+]=NC1(N=[N+]=N)C(=O)Nc2ccccc2C1=O. The number of rotatable bonds is 2. The molecule has 0 unspecified atom stereocenters. The van der Waals surface area contributed by atoms with E-state index in [1.807, 2.05) is 0 Å². The second kappa shape index (κ2) is 4.10. The number of nitrogens with one attached hydrogen (secondary N) is 3. The second-order valence-corrected chi connectivity index (χ2v) is 3.40. The maximum atomic E-state index is 12.2. The van der Waals surface area contributed by atoms with E-state index in [0.717, 1.165) is 0 Å². The first-order valence-corrected chi connectivity index (χ1v) is 4.78. The minimum absolute atomic E-state index is 0.178. The third-order valence-electron chi connectivity index (χ3n) is 2.44. The summed E-state index contributed by atoms with van der Waals surface area (Å²) in [5.74, 6) is -1.66. The molecule has 0 bridgehead atoms. The summed E-state index contributed by atoms with van der Waals surface area (Å²) in [6.07, 6.45) is 0. The number of para-hydroxylation sites is 1. The number of carbonyl (C=O) groups is 2. The van der Waals surface area contributed by atoms with Gasteiger partial charge < -0.3 is 5.32 Å². The average molecular weight is 245 g/mol. The van der Waals surface area contributed by atoms with Crippen molar-refractivity contribution in [3.05, 3.63) is 29.8 Å². The van der Waals surface area contributed by atoms with Crippen LogP contribution in [-0.2, 0) is 4.79 Å². The van der Waals surface area contributed by atoms with E-state index in [0.29, 0.717) is 5.69 Å². The van der Waals surface area contributed by atoms with Gasteiger partial charge in [0.25, 0.3) is 5.91 Å². The van der Waals surface area contributed by atoms with Crippen LogP contribution in [0.2, 0.25) is 0 Å². The Morgan fingerprint density at radius 2 is 1.72 bits per heavy atom. The highest BCUT2D eigenvalue weighted by atomic mass is 16.2. The van der Waals surface area contributed by atoms with Gasteiger partial charge in [0.1, 0.15) is 11.1 Å². The van der Waals surface area contributed by atoms with Crippen LogP contribution in [0.15, 0.2) is 34.5 Å². The Balaban J connectivity index is 2.72. The molecular formula is C9H7N7O2+2. The van der Waals surface area contributed by atoms with Crippen LogP contribution >= 0.6 is 0 Å². The van der Waals surface area contributed by atoms with Gasteiger partial charge in [0.05, 0.1) is 5.69 Å². The lowest BCUT2D eigenvalue weighted by Crippen LogP contribution is -2.50. The fraction of sp³-hybridized carbons (Fsp3) is 0.111. The predicted octanol–water partition coefficient (Wildman–Crippen LogP) is 0.618. The Bertz CT molecular complexity index is 622. The Morgan fingerprint density at radius 1 is 1.11 bits per heavy atom. The minimum atomic E-state index is -2.31. The van der Waals surface area contributed by atoms with Crippen molar-refractivity contribution in [2.75, 3.05) is 5.32 Å². The fourth-order valence-corrected chi connectivity index (χ4v) is 1.64. The second-order valence-electron chi connectivity index (χ2n) is 3.40. The maximum Gasteiger partial charge on any atom is 0.451 e. The van der Waals surface area contributed by atoms with E-state index in [9.17, 15) is 9.59 Å². The lowest BCUT2D eigenvalue weighted by Gasteiger charge is -2.20. The molecule has 0 atom stereocenters. The Morgan fingerprint density at radius 3 is 2.33 bits per heavy atom. The smallest absolute Gasteiger partial charge is 0.321 e. The molecule has 1 aromatic carbocycles. The van der Waals surface area contributed by atoms with Crippen LogP contribution < -0.4 is 15.1 Å². The minimum Gasteiger partial charge on any atom is -0.321 e. The summed E-state index contributed by atoms with van der Waals surface area (Å²) in [7, 11) is 0. The first-order chi connectivity index (χ1) is 8.65. The standard InChI is InChI=1S/C9H6N7O2/c10-15-13-9(14-16-11)7(17)5-3-1-2-4-6(5)12-8(9)18/h1-4,10-11H/q+1/p+1. The van der Waals surface area contributed by atoms with Crippen LogP contribution in [0.5, 0.6) is 0 Å². The number of amides is 1. The number of ketones is 1. The van der Waals surface area contributed by atoms with Gasteiger partial charge in [-0.15, -0.1) is 0 Å². The number of hydrogen-bond acceptors (Lipinski definition) is 6. The van der Waals surface area contributed by atoms with Crippen LogP contribution in [0.3, 0.4) is 0 Å². The van der Waals surface area contributed by atoms with E-state index in [-0.39, 0.29) is 5.56 Å². The van der Waals surface area contributed by atoms with Crippen molar-refractivity contribution in [2.24, 2.45) is 10.2 Å². The Kier molecular flexibility index (Phi) is 2.61. The normalized spacial score (nSPS) is 21.1. The molecule has 1 aromatic rings. The molecule has 1 aliphatic rings. The highest BCUT2D eigenvalue weighted by Gasteiger charge is 2.61. The molecule has 1 heterocycles. The molecule has 0 saturated heterocycles. The highest BCUT2D eigenvalue weighted by Crippen LogP contribution is 2.30. The third-order valence-corrected chi connectivity index (χ3v) is 2.44. The summed E-state index contributed by atoms with van der Waals surface area (Å²) in [6.45, 7) is 0. The molecule has 0 fully saturated rings. The zero-order chi connectivity index (χ0) is 13.2. The monoisotopic (exact) mass is 245 g/mol. The van der Waals surface area contributed by atoms with Crippen molar-refractivity contribution < 1.29 is 9.59 Å². The first kappa shape index (κ1) is 11.5. The topological polar surface area (TPSA) is 147 Å². The van der Waals surface area contributed by atoms with E-state index in [1.165, 1.54) is 6.07 Å². The molecule has 0 radical (unpaired) electrons. The predicted molar refractivity (Wildman–Crippen MR) is 56.7 cm³/mol. The Labute approximate surface area is 99.7 Å². The average Bonchev–Trinajstić information content (AvgIpc) is 2.37. The third kappa shape index (κ3) is 1.44. The summed E-state index contributed by atoms with van der Waals surface area (Å²) < 4.78 is 0. The molecule has 9 heteroatoms. The van der Waals surface area contributed by atoms with Gasteiger partial charge in [0.15, 0.2) is 10.2 Å². The number of fused-ring (bicyclic) bond motifs is 1. The molecule has 18 heavy (non-hydrogen) atoms. The van der Waals surface area contributed by atoms with Gasteiger partial charge >= 0.3 is 5.66 Å². The number of Topliss-reactive ketones (excluding diaryl/α,β-unsaturated/α-hetero) is 1. The summed E-state index contributed by atoms with van der Waals surface area (Å²) >= 11 is 0. The van der Waals surface area contributed by atoms with E-state index in [1.54, 1.807) is 18.2 Å². The number of carbonyl (C=O) groups excluding carboxylic acids is 2. The van der Waals surface area contributed by atoms with Gasteiger partial charge in [-0.25, -0.2) is 0 Å². The van der Waals surface area contributed by atoms with Gasteiger partial charge in [-0.2, -0.15) is 0 Å². The Hall–Kier alpha value is -3.02. The van der Waals surface area contributed by atoms with Gasteiger partial charge in [-0.1, -0.05) is 12.1 Å². The number of anilines is 1. The molecule has 1 amide bonds. The van der Waals surface area contributed by atoms with Crippen LogP contribution in [0.25, 0.3) is 0 Å². The highest BCUT2D eigenvalue weighted by molar-refractivity contribution is 6.27. The van der Waals surface area contributed by atoms with Crippen molar-refractivity contribution in [1.29, 1.82) is 11.1 Å². The zero-order valence-electron chi connectivity index (χ0n) is 8.91. The van der Waals surface area contributed by atoms with E-state index in [2.05, 4.69) is 25.4 Å². The molecule has 0 aliphatic carbocycles. The van der Waals surface area contributed by atoms with Crippen molar-refractivity contribution in [1.82, 2.24) is 9.82 Å². The molecule has 0 aromatic heterocycles. The molecular weight excluding hydrogens is 238 g/mol. The van der Waals surface area contributed by atoms with Crippen LogP contribution in [0.1, 0.15) is 10.4 Å². The van der Waals surface area contributed by atoms with E-state index < -0.39 is 17.4 Å². The lowest BCUT2D eigenvalue weighted by atomic mass is 9.93. The lowest BCUT2D eigenvalue weighted by molar-refractivity contribution is -0.120. The number of nitrogens with zero attached hydrogens (tertiary/aromatic N) is 4. The van der Waals surface area contributed by atoms with Crippen molar-refractivity contribution >= 4 is 17.4 Å². The summed E-state index contributed by atoms with van der Waals surface area (Å²) in [5.41, 5.74) is 11.5. The van der Waals surface area contributed by atoms with E-state index in [4.69, 9.17) is 11.1 Å². The van der Waals surface area contributed by atoms with Crippen LogP contribution in [0.4, 0.5) is 5.69 Å². The molecule has 9 nitrogen and oxygen atoms in total. The van der Waals surface area contributed by atoms with Crippen LogP contribution in [-0.4, -0.2) is 17.4 Å². The first-order valence-electron chi connectivity index (χ1n) is 4.78. The quantitative estimate of drug-likeness (QED) is 0.398. The van der Waals surface area contributed by atoms with Gasteiger partial charge in [-0.3, -0.25) is 9.59 Å². The number of benzene rings is 1. The molecule has 0 saturated carbocycles. The maximum absolute atomic E-state index is 12.2. The summed E-state index contributed by atoms with van der Waals surface area (Å²) in [6, 6.07) is 6.28. The van der Waals surface area contributed by atoms with Gasteiger partial charge in [-0.05, 0) is 12.1 Å². The van der Waals surface area contributed by atoms with Gasteiger partial charge in [0.2, 0.25) is 15.6 Å². The summed E-state index contributed by atoms with van der Waals surface area (Å²) in [4.78, 5) is 29.4. The van der Waals surface area contributed by atoms with Crippen molar-refractivity contribution in [2.45, 2.75) is 5.66 Å². The number of hydrogen-bond donors (Lipinski definition) is 3. The van der Waals surface area contributed by atoms with E-state index >= 15 is 0 Å².